The van der Waals surface area contributed by atoms with E-state index >= 15 is 0 Å². The van der Waals surface area contributed by atoms with Gasteiger partial charge in [-0.05, 0) is 25.0 Å². The zero-order chi connectivity index (χ0) is 11.7. The van der Waals surface area contributed by atoms with E-state index in [2.05, 4.69) is 27.1 Å². The SMILES string of the molecule is Nc1cc(-c2ccc(C3CCC3)nc2)ncn1. The second kappa shape index (κ2) is 4.13. The molecule has 1 aliphatic carbocycles. The lowest BCUT2D eigenvalue weighted by Crippen LogP contribution is -2.10. The van der Waals surface area contributed by atoms with Crippen molar-refractivity contribution in [3.05, 3.63) is 36.4 Å². The molecule has 0 saturated heterocycles. The molecule has 4 nitrogen and oxygen atoms in total. The molecule has 2 heterocycles. The molecule has 0 spiro atoms. The first-order valence-corrected chi connectivity index (χ1v) is 5.87. The van der Waals surface area contributed by atoms with Crippen LogP contribution in [0, 0.1) is 0 Å². The zero-order valence-electron chi connectivity index (χ0n) is 9.50. The van der Waals surface area contributed by atoms with Crippen molar-refractivity contribution in [2.45, 2.75) is 25.2 Å². The Morgan fingerprint density at radius 2 is 2.00 bits per heavy atom. The molecule has 1 saturated carbocycles. The van der Waals surface area contributed by atoms with E-state index in [1.807, 2.05) is 6.20 Å². The summed E-state index contributed by atoms with van der Waals surface area (Å²) in [5, 5.41) is 0. The molecule has 0 unspecified atom stereocenters. The van der Waals surface area contributed by atoms with Crippen molar-refractivity contribution in [2.75, 3.05) is 5.73 Å². The summed E-state index contributed by atoms with van der Waals surface area (Å²) in [4.78, 5) is 12.6. The molecule has 0 atom stereocenters. The van der Waals surface area contributed by atoms with Crippen LogP contribution in [0.3, 0.4) is 0 Å². The van der Waals surface area contributed by atoms with E-state index in [1.54, 1.807) is 6.07 Å². The number of nitrogens with zero attached hydrogens (tertiary/aromatic N) is 3. The molecule has 0 aliphatic heterocycles. The molecule has 0 aromatic carbocycles. The van der Waals surface area contributed by atoms with Gasteiger partial charge < -0.3 is 5.73 Å². The molecule has 3 rings (SSSR count). The molecule has 1 aliphatic rings. The topological polar surface area (TPSA) is 64.7 Å². The van der Waals surface area contributed by atoms with E-state index < -0.39 is 0 Å². The number of nitrogen functional groups attached to an aromatic ring is 1. The molecule has 2 aromatic heterocycles. The maximum Gasteiger partial charge on any atom is 0.127 e. The minimum absolute atomic E-state index is 0.484. The van der Waals surface area contributed by atoms with Crippen LogP contribution in [0.15, 0.2) is 30.7 Å². The van der Waals surface area contributed by atoms with E-state index in [9.17, 15) is 0 Å². The van der Waals surface area contributed by atoms with Crippen molar-refractivity contribution in [3.8, 4) is 11.3 Å². The van der Waals surface area contributed by atoms with E-state index in [0.29, 0.717) is 11.7 Å². The molecule has 4 heteroatoms. The van der Waals surface area contributed by atoms with E-state index in [1.165, 1.54) is 31.3 Å². The minimum Gasteiger partial charge on any atom is -0.384 e. The lowest BCUT2D eigenvalue weighted by atomic mass is 9.82. The summed E-state index contributed by atoms with van der Waals surface area (Å²) in [6, 6.07) is 5.92. The molecule has 17 heavy (non-hydrogen) atoms. The Morgan fingerprint density at radius 1 is 1.12 bits per heavy atom. The Hall–Kier alpha value is -1.97. The maximum atomic E-state index is 5.63. The van der Waals surface area contributed by atoms with Gasteiger partial charge in [-0.2, -0.15) is 0 Å². The minimum atomic E-state index is 0.484. The molecule has 0 bridgehead atoms. The molecule has 86 valence electrons. The highest BCUT2D eigenvalue weighted by molar-refractivity contribution is 5.60. The Balaban J connectivity index is 1.88. The van der Waals surface area contributed by atoms with Crippen molar-refractivity contribution in [1.29, 1.82) is 0 Å². The number of hydrogen-bond donors (Lipinski definition) is 1. The van der Waals surface area contributed by atoms with Crippen LogP contribution in [0.5, 0.6) is 0 Å². The van der Waals surface area contributed by atoms with Crippen LogP contribution in [0.25, 0.3) is 11.3 Å². The van der Waals surface area contributed by atoms with Gasteiger partial charge in [0.1, 0.15) is 12.1 Å². The summed E-state index contributed by atoms with van der Waals surface area (Å²) >= 11 is 0. The van der Waals surface area contributed by atoms with Crippen LogP contribution >= 0.6 is 0 Å². The van der Waals surface area contributed by atoms with Gasteiger partial charge in [0.05, 0.1) is 5.69 Å². The summed E-state index contributed by atoms with van der Waals surface area (Å²) in [5.41, 5.74) is 8.64. The van der Waals surface area contributed by atoms with Crippen molar-refractivity contribution in [2.24, 2.45) is 0 Å². The highest BCUT2D eigenvalue weighted by Crippen LogP contribution is 2.35. The third-order valence-electron chi connectivity index (χ3n) is 3.29. The number of hydrogen-bond acceptors (Lipinski definition) is 4. The fourth-order valence-electron chi connectivity index (χ4n) is 2.03. The molecule has 2 N–H and O–H groups in total. The van der Waals surface area contributed by atoms with E-state index in [0.717, 1.165) is 11.3 Å². The summed E-state index contributed by atoms with van der Waals surface area (Å²) in [5.74, 6) is 1.15. The lowest BCUT2D eigenvalue weighted by molar-refractivity contribution is 0.411. The van der Waals surface area contributed by atoms with Gasteiger partial charge in [0.2, 0.25) is 0 Å². The Morgan fingerprint density at radius 3 is 2.59 bits per heavy atom. The van der Waals surface area contributed by atoms with Crippen molar-refractivity contribution in [1.82, 2.24) is 15.0 Å². The molecular formula is C13H14N4. The molecule has 0 radical (unpaired) electrons. The van der Waals surface area contributed by atoms with Gasteiger partial charge in [0.25, 0.3) is 0 Å². The average Bonchev–Trinajstić information content (AvgIpc) is 2.28. The maximum absolute atomic E-state index is 5.63. The second-order valence-electron chi connectivity index (χ2n) is 4.43. The average molecular weight is 226 g/mol. The number of aromatic nitrogens is 3. The first-order valence-electron chi connectivity index (χ1n) is 5.87. The molecule has 2 aromatic rings. The van der Waals surface area contributed by atoms with E-state index in [4.69, 9.17) is 5.73 Å². The Bertz CT molecular complexity index is 517. The highest BCUT2D eigenvalue weighted by Gasteiger charge is 2.20. The monoisotopic (exact) mass is 226 g/mol. The van der Waals surface area contributed by atoms with Gasteiger partial charge in [-0.25, -0.2) is 9.97 Å². The van der Waals surface area contributed by atoms with Crippen LogP contribution in [-0.4, -0.2) is 15.0 Å². The normalized spacial score (nSPS) is 15.5. The van der Waals surface area contributed by atoms with Crippen LogP contribution in [-0.2, 0) is 0 Å². The number of anilines is 1. The zero-order valence-corrected chi connectivity index (χ0v) is 9.50. The first kappa shape index (κ1) is 10.2. The molecule has 0 amide bonds. The largest absolute Gasteiger partial charge is 0.384 e. The van der Waals surface area contributed by atoms with Crippen molar-refractivity contribution in [3.63, 3.8) is 0 Å². The van der Waals surface area contributed by atoms with Gasteiger partial charge >= 0.3 is 0 Å². The van der Waals surface area contributed by atoms with Gasteiger partial charge in [0.15, 0.2) is 0 Å². The summed E-state index contributed by atoms with van der Waals surface area (Å²) in [6.45, 7) is 0. The van der Waals surface area contributed by atoms with Gasteiger partial charge in [-0.1, -0.05) is 6.42 Å². The number of pyridine rings is 1. The Labute approximate surface area is 99.9 Å². The van der Waals surface area contributed by atoms with Gasteiger partial charge in [0, 0.05) is 29.4 Å². The Kier molecular flexibility index (Phi) is 2.48. The van der Waals surface area contributed by atoms with Crippen LogP contribution in [0.4, 0.5) is 5.82 Å². The fourth-order valence-corrected chi connectivity index (χ4v) is 2.03. The summed E-state index contributed by atoms with van der Waals surface area (Å²) in [7, 11) is 0. The quantitative estimate of drug-likeness (QED) is 0.853. The summed E-state index contributed by atoms with van der Waals surface area (Å²) in [6.07, 6.45) is 7.22. The third kappa shape index (κ3) is 1.98. The van der Waals surface area contributed by atoms with Crippen LogP contribution < -0.4 is 5.73 Å². The number of nitrogens with two attached hydrogens (primary N) is 1. The lowest BCUT2D eigenvalue weighted by Gasteiger charge is -2.24. The smallest absolute Gasteiger partial charge is 0.127 e. The standard InChI is InChI=1S/C13H14N4/c14-13-6-12(16-8-17-13)10-4-5-11(15-7-10)9-2-1-3-9/h4-9H,1-3H2,(H2,14,16,17). The first-order chi connectivity index (χ1) is 8.33. The third-order valence-corrected chi connectivity index (χ3v) is 3.29. The second-order valence-corrected chi connectivity index (χ2v) is 4.43. The molecule has 1 fully saturated rings. The number of rotatable bonds is 2. The van der Waals surface area contributed by atoms with Crippen molar-refractivity contribution < 1.29 is 0 Å². The van der Waals surface area contributed by atoms with Crippen LogP contribution in [0.2, 0.25) is 0 Å². The molecular weight excluding hydrogens is 212 g/mol. The predicted molar refractivity (Wildman–Crippen MR) is 66.3 cm³/mol. The van der Waals surface area contributed by atoms with Crippen LogP contribution in [0.1, 0.15) is 30.9 Å². The van der Waals surface area contributed by atoms with Gasteiger partial charge in [-0.15, -0.1) is 0 Å². The van der Waals surface area contributed by atoms with E-state index in [-0.39, 0.29) is 0 Å². The predicted octanol–water partition coefficient (Wildman–Crippen LogP) is 2.39. The van der Waals surface area contributed by atoms with Gasteiger partial charge in [-0.3, -0.25) is 4.98 Å². The van der Waals surface area contributed by atoms with Crippen molar-refractivity contribution >= 4 is 5.82 Å². The summed E-state index contributed by atoms with van der Waals surface area (Å²) < 4.78 is 0. The fraction of sp³-hybridized carbons (Fsp3) is 0.308. The highest BCUT2D eigenvalue weighted by atomic mass is 14.9.